The lowest BCUT2D eigenvalue weighted by Crippen LogP contribution is -2.06. The molecule has 0 spiro atoms. The molecule has 1 aliphatic carbocycles. The molecular weight excluding hydrogens is 143 g/mol. The Kier molecular flexibility index (Phi) is 3.30. The van der Waals surface area contributed by atoms with Crippen LogP contribution >= 0.6 is 0 Å². The molecule has 0 bridgehead atoms. The second kappa shape index (κ2) is 4.29. The standard InChI is InChI=1S/C9H13FO/c10-9-6-2-1-4-8(9)5-3-7-11/h1-2,4,9,11H,3,5-7H2. The van der Waals surface area contributed by atoms with E-state index in [1.54, 1.807) is 0 Å². The summed E-state index contributed by atoms with van der Waals surface area (Å²) < 4.78 is 13.0. The molecule has 0 aliphatic heterocycles. The first-order chi connectivity index (χ1) is 5.34. The van der Waals surface area contributed by atoms with Crippen molar-refractivity contribution in [1.82, 2.24) is 0 Å². The van der Waals surface area contributed by atoms with Gasteiger partial charge in [0, 0.05) is 13.0 Å². The molecule has 1 unspecified atom stereocenters. The fourth-order valence-corrected chi connectivity index (χ4v) is 1.17. The normalized spacial score (nSPS) is 23.5. The van der Waals surface area contributed by atoms with Gasteiger partial charge in [-0.1, -0.05) is 18.2 Å². The average Bonchev–Trinajstić information content (AvgIpc) is 2.03. The van der Waals surface area contributed by atoms with Crippen molar-refractivity contribution >= 4 is 0 Å². The highest BCUT2D eigenvalue weighted by Gasteiger charge is 2.12. The zero-order chi connectivity index (χ0) is 8.10. The minimum atomic E-state index is -0.813. The van der Waals surface area contributed by atoms with Gasteiger partial charge in [-0.2, -0.15) is 0 Å². The van der Waals surface area contributed by atoms with Gasteiger partial charge < -0.3 is 5.11 Å². The van der Waals surface area contributed by atoms with Gasteiger partial charge in [0.1, 0.15) is 6.17 Å². The first-order valence-corrected chi connectivity index (χ1v) is 3.95. The third-order valence-corrected chi connectivity index (χ3v) is 1.82. The van der Waals surface area contributed by atoms with Crippen molar-refractivity contribution in [2.75, 3.05) is 6.61 Å². The Morgan fingerprint density at radius 3 is 3.09 bits per heavy atom. The van der Waals surface area contributed by atoms with E-state index in [9.17, 15) is 4.39 Å². The van der Waals surface area contributed by atoms with Crippen LogP contribution in [0.2, 0.25) is 0 Å². The third kappa shape index (κ3) is 2.46. The van der Waals surface area contributed by atoms with Crippen molar-refractivity contribution in [3.63, 3.8) is 0 Å². The van der Waals surface area contributed by atoms with Crippen LogP contribution in [-0.2, 0) is 0 Å². The molecule has 1 atom stereocenters. The van der Waals surface area contributed by atoms with Crippen molar-refractivity contribution in [3.05, 3.63) is 23.8 Å². The van der Waals surface area contributed by atoms with Crippen LogP contribution in [0.5, 0.6) is 0 Å². The van der Waals surface area contributed by atoms with E-state index in [-0.39, 0.29) is 6.61 Å². The van der Waals surface area contributed by atoms with E-state index < -0.39 is 6.17 Å². The Balaban J connectivity index is 2.40. The fraction of sp³-hybridized carbons (Fsp3) is 0.556. The molecule has 2 heteroatoms. The Hall–Kier alpha value is -0.630. The molecular formula is C9H13FO. The van der Waals surface area contributed by atoms with Gasteiger partial charge in [-0.3, -0.25) is 0 Å². The van der Waals surface area contributed by atoms with Crippen LogP contribution in [0.25, 0.3) is 0 Å². The van der Waals surface area contributed by atoms with Crippen molar-refractivity contribution in [2.24, 2.45) is 0 Å². The number of halogens is 1. The van der Waals surface area contributed by atoms with Gasteiger partial charge in [0.25, 0.3) is 0 Å². The van der Waals surface area contributed by atoms with E-state index >= 15 is 0 Å². The molecule has 0 amide bonds. The Labute approximate surface area is 66.2 Å². The zero-order valence-electron chi connectivity index (χ0n) is 6.46. The van der Waals surface area contributed by atoms with Gasteiger partial charge in [0.15, 0.2) is 0 Å². The van der Waals surface area contributed by atoms with E-state index in [0.717, 1.165) is 5.57 Å². The van der Waals surface area contributed by atoms with Crippen molar-refractivity contribution in [2.45, 2.75) is 25.4 Å². The molecule has 0 aromatic rings. The molecule has 0 fully saturated rings. The van der Waals surface area contributed by atoms with E-state index in [1.807, 2.05) is 18.2 Å². The number of hydrogen-bond acceptors (Lipinski definition) is 1. The Morgan fingerprint density at radius 2 is 2.45 bits per heavy atom. The number of hydrogen-bond donors (Lipinski definition) is 1. The molecule has 0 aromatic heterocycles. The maximum atomic E-state index is 13.0. The van der Waals surface area contributed by atoms with E-state index in [1.165, 1.54) is 0 Å². The molecule has 62 valence electrons. The minimum absolute atomic E-state index is 0.147. The van der Waals surface area contributed by atoms with Gasteiger partial charge in [-0.15, -0.1) is 0 Å². The third-order valence-electron chi connectivity index (χ3n) is 1.82. The summed E-state index contributed by atoms with van der Waals surface area (Å²) in [5.41, 5.74) is 0.821. The molecule has 0 heterocycles. The fourth-order valence-electron chi connectivity index (χ4n) is 1.17. The predicted molar refractivity (Wildman–Crippen MR) is 43.1 cm³/mol. The van der Waals surface area contributed by atoms with E-state index in [2.05, 4.69) is 0 Å². The molecule has 0 aromatic carbocycles. The van der Waals surface area contributed by atoms with Crippen LogP contribution < -0.4 is 0 Å². The maximum absolute atomic E-state index is 13.0. The Bertz CT molecular complexity index is 172. The Morgan fingerprint density at radius 1 is 1.64 bits per heavy atom. The topological polar surface area (TPSA) is 20.2 Å². The molecule has 1 aliphatic rings. The summed E-state index contributed by atoms with van der Waals surface area (Å²) in [6.07, 6.45) is 6.55. The second-order valence-corrected chi connectivity index (χ2v) is 2.70. The highest BCUT2D eigenvalue weighted by Crippen LogP contribution is 2.20. The quantitative estimate of drug-likeness (QED) is 0.662. The summed E-state index contributed by atoms with van der Waals surface area (Å²) in [7, 11) is 0. The zero-order valence-corrected chi connectivity index (χ0v) is 6.46. The lowest BCUT2D eigenvalue weighted by Gasteiger charge is -2.12. The van der Waals surface area contributed by atoms with Crippen LogP contribution in [0, 0.1) is 0 Å². The number of allylic oxidation sites excluding steroid dienone is 4. The van der Waals surface area contributed by atoms with Gasteiger partial charge in [-0.25, -0.2) is 4.39 Å². The average molecular weight is 156 g/mol. The van der Waals surface area contributed by atoms with Crippen LogP contribution in [-0.4, -0.2) is 17.9 Å². The van der Waals surface area contributed by atoms with Gasteiger partial charge >= 0.3 is 0 Å². The summed E-state index contributed by atoms with van der Waals surface area (Å²) >= 11 is 0. The summed E-state index contributed by atoms with van der Waals surface area (Å²) in [4.78, 5) is 0. The second-order valence-electron chi connectivity index (χ2n) is 2.70. The largest absolute Gasteiger partial charge is 0.396 e. The highest BCUT2D eigenvalue weighted by atomic mass is 19.1. The minimum Gasteiger partial charge on any atom is -0.396 e. The van der Waals surface area contributed by atoms with Crippen LogP contribution in [0.4, 0.5) is 4.39 Å². The summed E-state index contributed by atoms with van der Waals surface area (Å²) in [5, 5.41) is 8.52. The molecule has 0 saturated carbocycles. The van der Waals surface area contributed by atoms with Crippen LogP contribution in [0.1, 0.15) is 19.3 Å². The maximum Gasteiger partial charge on any atom is 0.125 e. The first kappa shape index (κ1) is 8.47. The van der Waals surface area contributed by atoms with Crippen LogP contribution in [0.3, 0.4) is 0 Å². The molecule has 0 saturated heterocycles. The number of aliphatic hydroxyl groups excluding tert-OH is 1. The SMILES string of the molecule is OCCCC1=CC=CCC1F. The monoisotopic (exact) mass is 156 g/mol. The van der Waals surface area contributed by atoms with E-state index in [4.69, 9.17) is 5.11 Å². The van der Waals surface area contributed by atoms with E-state index in [0.29, 0.717) is 19.3 Å². The summed E-state index contributed by atoms with van der Waals surface area (Å²) in [5.74, 6) is 0. The van der Waals surface area contributed by atoms with Crippen molar-refractivity contribution in [3.8, 4) is 0 Å². The van der Waals surface area contributed by atoms with Crippen molar-refractivity contribution in [1.29, 1.82) is 0 Å². The highest BCUT2D eigenvalue weighted by molar-refractivity contribution is 5.21. The van der Waals surface area contributed by atoms with Crippen molar-refractivity contribution < 1.29 is 9.50 Å². The molecule has 1 rings (SSSR count). The van der Waals surface area contributed by atoms with Crippen LogP contribution in [0.15, 0.2) is 23.8 Å². The smallest absolute Gasteiger partial charge is 0.125 e. The number of aliphatic hydroxyl groups is 1. The molecule has 11 heavy (non-hydrogen) atoms. The molecule has 0 radical (unpaired) electrons. The van der Waals surface area contributed by atoms with Gasteiger partial charge in [0.05, 0.1) is 0 Å². The summed E-state index contributed by atoms with van der Waals surface area (Å²) in [6, 6.07) is 0. The lowest BCUT2D eigenvalue weighted by atomic mass is 9.99. The van der Waals surface area contributed by atoms with Gasteiger partial charge in [0.2, 0.25) is 0 Å². The predicted octanol–water partition coefficient (Wildman–Crippen LogP) is 1.98. The number of alkyl halides is 1. The number of rotatable bonds is 3. The molecule has 1 N–H and O–H groups in total. The summed E-state index contributed by atoms with van der Waals surface area (Å²) in [6.45, 7) is 0.147. The lowest BCUT2D eigenvalue weighted by molar-refractivity contribution is 0.283. The molecule has 1 nitrogen and oxygen atoms in total. The first-order valence-electron chi connectivity index (χ1n) is 3.95. The van der Waals surface area contributed by atoms with Gasteiger partial charge in [-0.05, 0) is 18.4 Å².